The molecule has 0 atom stereocenters. The van der Waals surface area contributed by atoms with Crippen molar-refractivity contribution >= 4 is 0 Å². The fourth-order valence-electron chi connectivity index (χ4n) is 1.58. The molecule has 2 heteroatoms. The maximum atomic E-state index is 5.53. The first-order valence-corrected chi connectivity index (χ1v) is 5.33. The molecular formula is C12H17NO. The third-order valence-corrected chi connectivity index (χ3v) is 2.61. The Hall–Kier alpha value is -1.02. The smallest absolute Gasteiger partial charge is 0.119 e. The van der Waals surface area contributed by atoms with Gasteiger partial charge in [0.2, 0.25) is 0 Å². The Bertz CT molecular complexity index is 277. The van der Waals surface area contributed by atoms with Gasteiger partial charge in [-0.1, -0.05) is 19.1 Å². The van der Waals surface area contributed by atoms with E-state index >= 15 is 0 Å². The van der Waals surface area contributed by atoms with Crippen LogP contribution in [0, 0.1) is 0 Å². The minimum absolute atomic E-state index is 0.718. The average Bonchev–Trinajstić information content (AvgIpc) is 2.14. The molecular weight excluding hydrogens is 174 g/mol. The summed E-state index contributed by atoms with van der Waals surface area (Å²) in [5, 5.41) is 3.28. The van der Waals surface area contributed by atoms with Gasteiger partial charge in [0.05, 0.1) is 6.61 Å². The van der Waals surface area contributed by atoms with Crippen LogP contribution in [0.3, 0.4) is 0 Å². The van der Waals surface area contributed by atoms with E-state index in [9.17, 15) is 0 Å². The zero-order valence-corrected chi connectivity index (χ0v) is 8.62. The van der Waals surface area contributed by atoms with Crippen LogP contribution in [0.15, 0.2) is 24.3 Å². The normalized spacial score (nSPS) is 16.4. The average molecular weight is 191 g/mol. The van der Waals surface area contributed by atoms with Crippen molar-refractivity contribution in [3.63, 3.8) is 0 Å². The van der Waals surface area contributed by atoms with Gasteiger partial charge >= 0.3 is 0 Å². The second-order valence-corrected chi connectivity index (χ2v) is 3.77. The maximum absolute atomic E-state index is 5.53. The van der Waals surface area contributed by atoms with E-state index in [1.54, 1.807) is 0 Å². The van der Waals surface area contributed by atoms with Crippen LogP contribution in [-0.4, -0.2) is 19.7 Å². The molecule has 0 aromatic heterocycles. The van der Waals surface area contributed by atoms with Crippen LogP contribution in [0.25, 0.3) is 0 Å². The highest BCUT2D eigenvalue weighted by molar-refractivity contribution is 5.30. The Morgan fingerprint density at radius 3 is 2.50 bits per heavy atom. The summed E-state index contributed by atoms with van der Waals surface area (Å²) in [5.41, 5.74) is 1.42. The SMILES string of the molecule is CCCOc1ccc(C2CNC2)cc1. The highest BCUT2D eigenvalue weighted by Gasteiger charge is 2.18. The lowest BCUT2D eigenvalue weighted by Gasteiger charge is -2.27. The molecule has 1 N–H and O–H groups in total. The monoisotopic (exact) mass is 191 g/mol. The quantitative estimate of drug-likeness (QED) is 0.787. The topological polar surface area (TPSA) is 21.3 Å². The van der Waals surface area contributed by atoms with Crippen LogP contribution in [0.2, 0.25) is 0 Å². The van der Waals surface area contributed by atoms with E-state index in [2.05, 4.69) is 36.5 Å². The number of hydrogen-bond donors (Lipinski definition) is 1. The highest BCUT2D eigenvalue weighted by Crippen LogP contribution is 2.22. The summed E-state index contributed by atoms with van der Waals surface area (Å²) in [7, 11) is 0. The van der Waals surface area contributed by atoms with Gasteiger partial charge in [0, 0.05) is 19.0 Å². The lowest BCUT2D eigenvalue weighted by Crippen LogP contribution is -2.39. The van der Waals surface area contributed by atoms with Crippen molar-refractivity contribution in [2.24, 2.45) is 0 Å². The van der Waals surface area contributed by atoms with Crippen molar-refractivity contribution in [1.29, 1.82) is 0 Å². The zero-order chi connectivity index (χ0) is 9.80. The van der Waals surface area contributed by atoms with Gasteiger partial charge in [-0.25, -0.2) is 0 Å². The van der Waals surface area contributed by atoms with Crippen LogP contribution in [0.4, 0.5) is 0 Å². The molecule has 14 heavy (non-hydrogen) atoms. The minimum Gasteiger partial charge on any atom is -0.494 e. The molecule has 1 aromatic rings. The van der Waals surface area contributed by atoms with Gasteiger partial charge in [0.25, 0.3) is 0 Å². The van der Waals surface area contributed by atoms with Crippen LogP contribution >= 0.6 is 0 Å². The Morgan fingerprint density at radius 2 is 2.00 bits per heavy atom. The third-order valence-electron chi connectivity index (χ3n) is 2.61. The van der Waals surface area contributed by atoms with E-state index in [1.165, 1.54) is 5.56 Å². The summed E-state index contributed by atoms with van der Waals surface area (Å²) < 4.78 is 5.53. The summed E-state index contributed by atoms with van der Waals surface area (Å²) in [4.78, 5) is 0. The first-order valence-electron chi connectivity index (χ1n) is 5.33. The van der Waals surface area contributed by atoms with Crippen molar-refractivity contribution in [3.05, 3.63) is 29.8 Å². The van der Waals surface area contributed by atoms with Gasteiger partial charge in [-0.15, -0.1) is 0 Å². The molecule has 0 unspecified atom stereocenters. The lowest BCUT2D eigenvalue weighted by atomic mass is 9.94. The largest absolute Gasteiger partial charge is 0.494 e. The molecule has 1 fully saturated rings. The van der Waals surface area contributed by atoms with Gasteiger partial charge in [0.15, 0.2) is 0 Å². The number of nitrogens with one attached hydrogen (secondary N) is 1. The minimum atomic E-state index is 0.718. The maximum Gasteiger partial charge on any atom is 0.119 e. The Kier molecular flexibility index (Phi) is 3.04. The van der Waals surface area contributed by atoms with Crippen LogP contribution < -0.4 is 10.1 Å². The van der Waals surface area contributed by atoms with E-state index in [-0.39, 0.29) is 0 Å². The van der Waals surface area contributed by atoms with Gasteiger partial charge in [0.1, 0.15) is 5.75 Å². The van der Waals surface area contributed by atoms with Crippen molar-refractivity contribution in [2.45, 2.75) is 19.3 Å². The first kappa shape index (κ1) is 9.53. The molecule has 1 aliphatic rings. The van der Waals surface area contributed by atoms with E-state index < -0.39 is 0 Å². The van der Waals surface area contributed by atoms with Gasteiger partial charge in [-0.05, 0) is 24.1 Å². The molecule has 2 nitrogen and oxygen atoms in total. The van der Waals surface area contributed by atoms with Gasteiger partial charge in [-0.2, -0.15) is 0 Å². The second-order valence-electron chi connectivity index (χ2n) is 3.77. The predicted octanol–water partition coefficient (Wildman–Crippen LogP) is 2.16. The molecule has 0 bridgehead atoms. The predicted molar refractivity (Wildman–Crippen MR) is 57.8 cm³/mol. The molecule has 76 valence electrons. The second kappa shape index (κ2) is 4.47. The molecule has 0 aliphatic carbocycles. The van der Waals surface area contributed by atoms with Gasteiger partial charge < -0.3 is 10.1 Å². The number of benzene rings is 1. The molecule has 2 rings (SSSR count). The van der Waals surface area contributed by atoms with E-state index in [0.717, 1.165) is 37.8 Å². The van der Waals surface area contributed by atoms with Crippen LogP contribution in [0.1, 0.15) is 24.8 Å². The summed E-state index contributed by atoms with van der Waals surface area (Å²) >= 11 is 0. The lowest BCUT2D eigenvalue weighted by molar-refractivity contribution is 0.317. The van der Waals surface area contributed by atoms with Crippen LogP contribution in [0.5, 0.6) is 5.75 Å². The number of hydrogen-bond acceptors (Lipinski definition) is 2. The van der Waals surface area contributed by atoms with Crippen molar-refractivity contribution in [3.8, 4) is 5.75 Å². The summed E-state index contributed by atoms with van der Waals surface area (Å²) in [5.74, 6) is 1.71. The van der Waals surface area contributed by atoms with Crippen molar-refractivity contribution < 1.29 is 4.74 Å². The molecule has 1 aromatic carbocycles. The molecule has 0 saturated carbocycles. The molecule has 1 heterocycles. The Labute approximate surface area is 85.3 Å². The molecule has 0 amide bonds. The van der Waals surface area contributed by atoms with E-state index in [4.69, 9.17) is 4.74 Å². The van der Waals surface area contributed by atoms with Crippen molar-refractivity contribution in [2.75, 3.05) is 19.7 Å². The standard InChI is InChI=1S/C12H17NO/c1-2-7-14-12-5-3-10(4-6-12)11-8-13-9-11/h3-6,11,13H,2,7-9H2,1H3. The number of rotatable bonds is 4. The zero-order valence-electron chi connectivity index (χ0n) is 8.62. The molecule has 0 spiro atoms. The third kappa shape index (κ3) is 2.07. The summed E-state index contributed by atoms with van der Waals surface area (Å²) in [6.45, 7) is 5.17. The fourth-order valence-corrected chi connectivity index (χ4v) is 1.58. The fraction of sp³-hybridized carbons (Fsp3) is 0.500. The van der Waals surface area contributed by atoms with Gasteiger partial charge in [-0.3, -0.25) is 0 Å². The Morgan fingerprint density at radius 1 is 1.29 bits per heavy atom. The molecule has 1 saturated heterocycles. The van der Waals surface area contributed by atoms with Crippen LogP contribution in [-0.2, 0) is 0 Å². The number of ether oxygens (including phenoxy) is 1. The van der Waals surface area contributed by atoms with E-state index in [1.807, 2.05) is 0 Å². The molecule has 1 aliphatic heterocycles. The van der Waals surface area contributed by atoms with Crippen molar-refractivity contribution in [1.82, 2.24) is 5.32 Å². The van der Waals surface area contributed by atoms with E-state index in [0.29, 0.717) is 0 Å². The molecule has 0 radical (unpaired) electrons. The highest BCUT2D eigenvalue weighted by atomic mass is 16.5. The summed E-state index contributed by atoms with van der Waals surface area (Å²) in [6.07, 6.45) is 1.06. The Balaban J connectivity index is 1.95. The summed E-state index contributed by atoms with van der Waals surface area (Å²) in [6, 6.07) is 8.50. The first-order chi connectivity index (χ1) is 6.90.